The summed E-state index contributed by atoms with van der Waals surface area (Å²) in [5.41, 5.74) is 2.77. The van der Waals surface area contributed by atoms with Gasteiger partial charge in [-0.05, 0) is 49.9 Å². The number of thioether (sulfide) groups is 1. The minimum Gasteiger partial charge on any atom is -0.443 e. The lowest BCUT2D eigenvalue weighted by Gasteiger charge is -2.27. The van der Waals surface area contributed by atoms with Gasteiger partial charge in [0.1, 0.15) is 5.60 Å². The lowest BCUT2D eigenvalue weighted by molar-refractivity contribution is -0.118. The average molecular weight is 413 g/mol. The Morgan fingerprint density at radius 3 is 2.38 bits per heavy atom. The molecule has 2 aromatic rings. The molecule has 29 heavy (non-hydrogen) atoms. The van der Waals surface area contributed by atoms with E-state index < -0.39 is 16.9 Å². The minimum atomic E-state index is -0.629. The molecule has 0 aliphatic carbocycles. The van der Waals surface area contributed by atoms with E-state index in [2.05, 4.69) is 5.32 Å². The van der Waals surface area contributed by atoms with Crippen LogP contribution in [0.25, 0.3) is 11.1 Å². The first kappa shape index (κ1) is 20.9. The van der Waals surface area contributed by atoms with Crippen LogP contribution < -0.4 is 10.2 Å². The molecule has 1 heterocycles. The Labute approximate surface area is 174 Å². The standard InChI is InChI=1S/C22H24N2O4S/c1-22(2,3)28-21(27)24(4)17-12-15(14-8-6-5-7-9-14)10-11-16(17)13-18-19(25)23-20(26)29-18/h5-12,18H,13H2,1-4H3,(H,23,25,26). The molecule has 1 atom stereocenters. The summed E-state index contributed by atoms with van der Waals surface area (Å²) in [5.74, 6) is -0.307. The number of amides is 3. The van der Waals surface area contributed by atoms with Crippen LogP contribution in [0.4, 0.5) is 15.3 Å². The predicted octanol–water partition coefficient (Wildman–Crippen LogP) is 4.62. The molecule has 0 saturated carbocycles. The monoisotopic (exact) mass is 412 g/mol. The summed E-state index contributed by atoms with van der Waals surface area (Å²) in [7, 11) is 1.65. The van der Waals surface area contributed by atoms with Crippen LogP contribution in [0, 0.1) is 0 Å². The zero-order valence-corrected chi connectivity index (χ0v) is 17.7. The molecule has 7 heteroatoms. The number of carbonyl (C=O) groups is 3. The van der Waals surface area contributed by atoms with Crippen molar-refractivity contribution in [2.45, 2.75) is 38.0 Å². The highest BCUT2D eigenvalue weighted by Gasteiger charge is 2.33. The molecule has 2 aromatic carbocycles. The van der Waals surface area contributed by atoms with Crippen LogP contribution in [-0.2, 0) is 16.0 Å². The molecule has 1 aliphatic rings. The van der Waals surface area contributed by atoms with Gasteiger partial charge >= 0.3 is 6.09 Å². The van der Waals surface area contributed by atoms with E-state index in [9.17, 15) is 14.4 Å². The van der Waals surface area contributed by atoms with Crippen molar-refractivity contribution in [3.8, 4) is 11.1 Å². The smallest absolute Gasteiger partial charge is 0.414 e. The van der Waals surface area contributed by atoms with Crippen molar-refractivity contribution in [3.05, 3.63) is 54.1 Å². The Morgan fingerprint density at radius 1 is 1.10 bits per heavy atom. The topological polar surface area (TPSA) is 75.7 Å². The Balaban J connectivity index is 1.97. The van der Waals surface area contributed by atoms with Gasteiger partial charge in [-0.1, -0.05) is 54.2 Å². The number of carbonyl (C=O) groups excluding carboxylic acids is 3. The molecule has 6 nitrogen and oxygen atoms in total. The minimum absolute atomic E-state index is 0.307. The van der Waals surface area contributed by atoms with Gasteiger partial charge in [-0.2, -0.15) is 0 Å². The Bertz CT molecular complexity index is 938. The Hall–Kier alpha value is -2.80. The third kappa shape index (κ3) is 5.17. The molecular formula is C22H24N2O4S. The molecule has 1 aliphatic heterocycles. The van der Waals surface area contributed by atoms with Gasteiger partial charge in [-0.3, -0.25) is 19.8 Å². The van der Waals surface area contributed by atoms with Gasteiger partial charge in [0.15, 0.2) is 0 Å². The highest BCUT2D eigenvalue weighted by atomic mass is 32.2. The SMILES string of the molecule is CN(C(=O)OC(C)(C)C)c1cc(-c2ccccc2)ccc1CC1SC(=O)NC1=O. The fourth-order valence-corrected chi connectivity index (χ4v) is 3.86. The van der Waals surface area contributed by atoms with Crippen molar-refractivity contribution in [1.82, 2.24) is 5.32 Å². The van der Waals surface area contributed by atoms with Gasteiger partial charge in [-0.25, -0.2) is 4.79 Å². The maximum atomic E-state index is 12.7. The third-order valence-electron chi connectivity index (χ3n) is 4.39. The molecule has 1 N–H and O–H groups in total. The van der Waals surface area contributed by atoms with Gasteiger partial charge in [0.2, 0.25) is 5.91 Å². The van der Waals surface area contributed by atoms with Gasteiger partial charge in [0.05, 0.1) is 10.9 Å². The van der Waals surface area contributed by atoms with E-state index in [1.807, 2.05) is 69.3 Å². The number of hydrogen-bond acceptors (Lipinski definition) is 5. The first-order valence-corrected chi connectivity index (χ1v) is 10.2. The van der Waals surface area contributed by atoms with Crippen LogP contribution in [0.2, 0.25) is 0 Å². The number of imide groups is 1. The number of rotatable bonds is 4. The molecule has 1 fully saturated rings. The first-order chi connectivity index (χ1) is 13.6. The number of ether oxygens (including phenoxy) is 1. The average Bonchev–Trinajstić information content (AvgIpc) is 2.97. The lowest BCUT2D eigenvalue weighted by Crippen LogP contribution is -2.35. The van der Waals surface area contributed by atoms with Crippen molar-refractivity contribution in [3.63, 3.8) is 0 Å². The van der Waals surface area contributed by atoms with Crippen molar-refractivity contribution in [2.24, 2.45) is 0 Å². The first-order valence-electron chi connectivity index (χ1n) is 9.30. The van der Waals surface area contributed by atoms with Gasteiger partial charge in [0.25, 0.3) is 5.24 Å². The summed E-state index contributed by atoms with van der Waals surface area (Å²) in [6.07, 6.45) is -0.150. The molecule has 0 radical (unpaired) electrons. The van der Waals surface area contributed by atoms with E-state index in [1.165, 1.54) is 4.90 Å². The Kier molecular flexibility index (Phi) is 5.98. The summed E-state index contributed by atoms with van der Waals surface area (Å²) < 4.78 is 5.51. The van der Waals surface area contributed by atoms with Crippen LogP contribution in [0.3, 0.4) is 0 Å². The second kappa shape index (κ2) is 8.29. The van der Waals surface area contributed by atoms with Crippen LogP contribution in [0.5, 0.6) is 0 Å². The highest BCUT2D eigenvalue weighted by Crippen LogP contribution is 2.32. The molecule has 0 aromatic heterocycles. The van der Waals surface area contributed by atoms with Gasteiger partial charge in [-0.15, -0.1) is 0 Å². The molecule has 1 unspecified atom stereocenters. The summed E-state index contributed by atoms with van der Waals surface area (Å²) in [4.78, 5) is 37.7. The van der Waals surface area contributed by atoms with Crippen LogP contribution in [-0.4, -0.2) is 35.1 Å². The van der Waals surface area contributed by atoms with Crippen molar-refractivity contribution in [1.29, 1.82) is 0 Å². The van der Waals surface area contributed by atoms with Crippen LogP contribution in [0.15, 0.2) is 48.5 Å². The van der Waals surface area contributed by atoms with Crippen molar-refractivity contribution < 1.29 is 19.1 Å². The van der Waals surface area contributed by atoms with Crippen LogP contribution >= 0.6 is 11.8 Å². The largest absolute Gasteiger partial charge is 0.443 e. The predicted molar refractivity (Wildman–Crippen MR) is 115 cm³/mol. The van der Waals surface area contributed by atoms with E-state index >= 15 is 0 Å². The summed E-state index contributed by atoms with van der Waals surface area (Å²) in [5, 5.41) is 1.44. The fraction of sp³-hybridized carbons (Fsp3) is 0.318. The maximum Gasteiger partial charge on any atom is 0.414 e. The van der Waals surface area contributed by atoms with Crippen LogP contribution in [0.1, 0.15) is 26.3 Å². The van der Waals surface area contributed by atoms with Gasteiger partial charge < -0.3 is 4.74 Å². The van der Waals surface area contributed by atoms with E-state index in [0.29, 0.717) is 12.1 Å². The number of nitrogens with zero attached hydrogens (tertiary/aromatic N) is 1. The van der Waals surface area contributed by atoms with Crippen molar-refractivity contribution >= 4 is 34.7 Å². The zero-order valence-electron chi connectivity index (χ0n) is 16.9. The second-order valence-electron chi connectivity index (χ2n) is 7.84. The Morgan fingerprint density at radius 2 is 1.79 bits per heavy atom. The number of benzene rings is 2. The lowest BCUT2D eigenvalue weighted by atomic mass is 9.99. The summed E-state index contributed by atoms with van der Waals surface area (Å²) in [6.45, 7) is 5.43. The van der Waals surface area contributed by atoms with Gasteiger partial charge in [0, 0.05) is 7.05 Å². The number of hydrogen-bond donors (Lipinski definition) is 1. The summed E-state index contributed by atoms with van der Waals surface area (Å²) >= 11 is 0.974. The second-order valence-corrected chi connectivity index (χ2v) is 9.01. The fourth-order valence-electron chi connectivity index (χ4n) is 3.01. The molecule has 1 saturated heterocycles. The van der Waals surface area contributed by atoms with E-state index in [0.717, 1.165) is 28.5 Å². The summed E-state index contributed by atoms with van der Waals surface area (Å²) in [6, 6.07) is 15.6. The molecule has 3 rings (SSSR count). The normalized spacial score (nSPS) is 16.5. The van der Waals surface area contributed by atoms with E-state index in [-0.39, 0.29) is 11.1 Å². The molecule has 152 valence electrons. The van der Waals surface area contributed by atoms with Crippen molar-refractivity contribution in [2.75, 3.05) is 11.9 Å². The maximum absolute atomic E-state index is 12.7. The third-order valence-corrected chi connectivity index (χ3v) is 5.37. The quantitative estimate of drug-likeness (QED) is 0.793. The number of anilines is 1. The highest BCUT2D eigenvalue weighted by molar-refractivity contribution is 8.15. The number of nitrogens with one attached hydrogen (secondary N) is 1. The molecule has 3 amide bonds. The molecular weight excluding hydrogens is 388 g/mol. The van der Waals surface area contributed by atoms with E-state index in [4.69, 9.17) is 4.74 Å². The zero-order chi connectivity index (χ0) is 21.2. The van der Waals surface area contributed by atoms with E-state index in [1.54, 1.807) is 7.05 Å². The molecule has 0 spiro atoms. The molecule has 0 bridgehead atoms.